The molecule has 0 spiro atoms. The van der Waals surface area contributed by atoms with Gasteiger partial charge in [-0.2, -0.15) is 5.06 Å². The number of nitrogens with zero attached hydrogens (tertiary/aromatic N) is 2. The number of fused-ring (bicyclic) bond motifs is 2. The Kier molecular flexibility index (Phi) is 7.47. The molecule has 3 amide bonds. The lowest BCUT2D eigenvalue weighted by Crippen LogP contribution is -2.51. The number of nitrogens with one attached hydrogen (secondary N) is 1. The Bertz CT molecular complexity index is 998. The molecule has 8 nitrogen and oxygen atoms in total. The first-order valence-corrected chi connectivity index (χ1v) is 11.7. The maximum absolute atomic E-state index is 13.3. The van der Waals surface area contributed by atoms with Crippen LogP contribution in [0, 0.1) is 5.92 Å². The molecule has 0 aromatic heterocycles. The van der Waals surface area contributed by atoms with Crippen molar-refractivity contribution in [3.8, 4) is 0 Å². The van der Waals surface area contributed by atoms with Gasteiger partial charge in [0.2, 0.25) is 5.91 Å². The van der Waals surface area contributed by atoms with Crippen molar-refractivity contribution in [2.45, 2.75) is 51.4 Å². The Morgan fingerprint density at radius 2 is 1.71 bits per heavy atom. The molecule has 180 valence electrons. The van der Waals surface area contributed by atoms with E-state index in [1.807, 2.05) is 50.2 Å². The van der Waals surface area contributed by atoms with Crippen LogP contribution in [-0.2, 0) is 25.8 Å². The summed E-state index contributed by atoms with van der Waals surface area (Å²) in [5, 5.41) is 4.23. The average molecular weight is 466 g/mol. The van der Waals surface area contributed by atoms with Gasteiger partial charge < -0.3 is 15.0 Å². The van der Waals surface area contributed by atoms with Crippen LogP contribution in [0.5, 0.6) is 0 Å². The van der Waals surface area contributed by atoms with E-state index < -0.39 is 18.1 Å². The molecule has 1 unspecified atom stereocenters. The number of hydroxylamine groups is 2. The van der Waals surface area contributed by atoms with Crippen molar-refractivity contribution < 1.29 is 24.0 Å². The van der Waals surface area contributed by atoms with Gasteiger partial charge in [0.25, 0.3) is 0 Å². The van der Waals surface area contributed by atoms with E-state index in [4.69, 9.17) is 9.57 Å². The highest BCUT2D eigenvalue weighted by Gasteiger charge is 2.48. The third kappa shape index (κ3) is 5.39. The molecule has 2 saturated heterocycles. The molecule has 2 aliphatic heterocycles. The van der Waals surface area contributed by atoms with Crippen LogP contribution in [0.1, 0.15) is 43.9 Å². The van der Waals surface area contributed by atoms with Crippen LogP contribution < -0.4 is 5.32 Å². The van der Waals surface area contributed by atoms with Gasteiger partial charge in [0.15, 0.2) is 6.04 Å². The second-order valence-electron chi connectivity index (χ2n) is 9.14. The van der Waals surface area contributed by atoms with E-state index in [-0.39, 0.29) is 37.1 Å². The molecule has 3 atom stereocenters. The molecule has 2 aromatic carbocycles. The number of hydrogen-bond donors (Lipinski definition) is 1. The summed E-state index contributed by atoms with van der Waals surface area (Å²) in [6.07, 6.45) is 1.14. The molecule has 2 aliphatic rings. The summed E-state index contributed by atoms with van der Waals surface area (Å²) in [5.74, 6) is -0.704. The number of esters is 1. The largest absolute Gasteiger partial charge is 0.464 e. The number of hydrogen-bond acceptors (Lipinski definition) is 5. The number of amides is 3. The molecule has 2 bridgehead atoms. The summed E-state index contributed by atoms with van der Waals surface area (Å²) in [4.78, 5) is 46.5. The summed E-state index contributed by atoms with van der Waals surface area (Å²) in [6, 6.07) is 16.6. The first kappa shape index (κ1) is 23.8. The van der Waals surface area contributed by atoms with E-state index in [9.17, 15) is 14.4 Å². The van der Waals surface area contributed by atoms with E-state index in [0.717, 1.165) is 5.56 Å². The monoisotopic (exact) mass is 465 g/mol. The van der Waals surface area contributed by atoms with Crippen LogP contribution in [-0.4, -0.2) is 53.1 Å². The van der Waals surface area contributed by atoms with Crippen LogP contribution in [0.25, 0.3) is 0 Å². The van der Waals surface area contributed by atoms with E-state index in [1.54, 1.807) is 24.3 Å². The van der Waals surface area contributed by atoms with Crippen molar-refractivity contribution in [3.05, 3.63) is 71.8 Å². The fourth-order valence-corrected chi connectivity index (χ4v) is 4.28. The number of piperidine rings is 1. The molecule has 34 heavy (non-hydrogen) atoms. The number of carbonyl (C=O) groups is 3. The van der Waals surface area contributed by atoms with Crippen molar-refractivity contribution in [2.24, 2.45) is 5.92 Å². The van der Waals surface area contributed by atoms with Gasteiger partial charge in [-0.15, -0.1) is 0 Å². The summed E-state index contributed by atoms with van der Waals surface area (Å²) in [6.45, 7) is 4.87. The van der Waals surface area contributed by atoms with Gasteiger partial charge in [0.1, 0.15) is 12.6 Å². The summed E-state index contributed by atoms with van der Waals surface area (Å²) >= 11 is 0. The van der Waals surface area contributed by atoms with Crippen molar-refractivity contribution in [3.63, 3.8) is 0 Å². The highest BCUT2D eigenvalue weighted by molar-refractivity contribution is 5.91. The van der Waals surface area contributed by atoms with Crippen molar-refractivity contribution >= 4 is 17.9 Å². The third-order valence-electron chi connectivity index (χ3n) is 6.05. The minimum absolute atomic E-state index is 0.0961. The number of rotatable bonds is 9. The molecule has 2 aromatic rings. The normalized spacial score (nSPS) is 20.4. The van der Waals surface area contributed by atoms with E-state index in [2.05, 4.69) is 5.32 Å². The van der Waals surface area contributed by atoms with Gasteiger partial charge in [-0.3, -0.25) is 9.63 Å². The Hall–Kier alpha value is -3.39. The molecule has 2 heterocycles. The van der Waals surface area contributed by atoms with Gasteiger partial charge in [0, 0.05) is 6.54 Å². The summed E-state index contributed by atoms with van der Waals surface area (Å²) < 4.78 is 5.42. The fourth-order valence-electron chi connectivity index (χ4n) is 4.28. The minimum Gasteiger partial charge on any atom is -0.464 e. The summed E-state index contributed by atoms with van der Waals surface area (Å²) in [7, 11) is 0. The van der Waals surface area contributed by atoms with Crippen LogP contribution in [0.4, 0.5) is 4.79 Å². The number of benzene rings is 2. The SMILES string of the molecule is CC(C)COC(=O)[C@H](NC(=O)[C@@H]1CCC2CN1C(=O)N2OCc1ccccc1)c1ccccc1. The van der Waals surface area contributed by atoms with Crippen LogP contribution in [0.15, 0.2) is 60.7 Å². The van der Waals surface area contributed by atoms with E-state index in [0.29, 0.717) is 24.9 Å². The fraction of sp³-hybridized carbons (Fsp3) is 0.423. The predicted octanol–water partition coefficient (Wildman–Crippen LogP) is 3.44. The molecular formula is C26H31N3O5. The van der Waals surface area contributed by atoms with Crippen LogP contribution >= 0.6 is 0 Å². The topological polar surface area (TPSA) is 88.2 Å². The quantitative estimate of drug-likeness (QED) is 0.573. The molecule has 0 radical (unpaired) electrons. The molecule has 0 saturated carbocycles. The molecule has 0 aliphatic carbocycles. The van der Waals surface area contributed by atoms with Crippen LogP contribution in [0.3, 0.4) is 0 Å². The van der Waals surface area contributed by atoms with Crippen molar-refractivity contribution in [2.75, 3.05) is 13.2 Å². The van der Waals surface area contributed by atoms with Gasteiger partial charge >= 0.3 is 12.0 Å². The van der Waals surface area contributed by atoms with Gasteiger partial charge in [-0.25, -0.2) is 9.59 Å². The van der Waals surface area contributed by atoms with Crippen LogP contribution in [0.2, 0.25) is 0 Å². The Balaban J connectivity index is 1.42. The maximum atomic E-state index is 13.3. The number of urea groups is 1. The zero-order valence-electron chi connectivity index (χ0n) is 19.6. The standard InChI is InChI=1S/C26H31N3O5/c1-18(2)16-33-25(31)23(20-11-7-4-8-12-20)27-24(30)22-14-13-21-15-28(22)26(32)29(21)34-17-19-9-5-3-6-10-19/h3-12,18,21-23H,13-17H2,1-2H3,(H,27,30)/t21?,22-,23+/m0/s1. The molecule has 4 rings (SSSR count). The third-order valence-corrected chi connectivity index (χ3v) is 6.05. The van der Waals surface area contributed by atoms with Crippen molar-refractivity contribution in [1.82, 2.24) is 15.3 Å². The number of ether oxygens (including phenoxy) is 1. The van der Waals surface area contributed by atoms with Gasteiger partial charge in [-0.1, -0.05) is 74.5 Å². The lowest BCUT2D eigenvalue weighted by Gasteiger charge is -2.30. The maximum Gasteiger partial charge on any atom is 0.345 e. The average Bonchev–Trinajstić information content (AvgIpc) is 3.09. The summed E-state index contributed by atoms with van der Waals surface area (Å²) in [5.41, 5.74) is 1.60. The number of carbonyl (C=O) groups excluding carboxylic acids is 3. The smallest absolute Gasteiger partial charge is 0.345 e. The Morgan fingerprint density at radius 1 is 1.03 bits per heavy atom. The lowest BCUT2D eigenvalue weighted by atomic mass is 9.99. The van der Waals surface area contributed by atoms with Gasteiger partial charge in [-0.05, 0) is 29.9 Å². The Labute approximate surface area is 199 Å². The first-order valence-electron chi connectivity index (χ1n) is 11.7. The second-order valence-corrected chi connectivity index (χ2v) is 9.14. The van der Waals surface area contributed by atoms with Crippen molar-refractivity contribution in [1.29, 1.82) is 0 Å². The highest BCUT2D eigenvalue weighted by atomic mass is 16.7. The molecule has 1 N–H and O–H groups in total. The van der Waals surface area contributed by atoms with Gasteiger partial charge in [0.05, 0.1) is 12.6 Å². The molecule has 2 fully saturated rings. The predicted molar refractivity (Wildman–Crippen MR) is 125 cm³/mol. The lowest BCUT2D eigenvalue weighted by molar-refractivity contribution is -0.149. The molecular weight excluding hydrogens is 434 g/mol. The highest BCUT2D eigenvalue weighted by Crippen LogP contribution is 2.31. The first-order chi connectivity index (χ1) is 16.4. The van der Waals surface area contributed by atoms with E-state index in [1.165, 1.54) is 9.96 Å². The zero-order chi connectivity index (χ0) is 24.1. The minimum atomic E-state index is -0.937. The molecule has 8 heteroatoms. The Morgan fingerprint density at radius 3 is 2.38 bits per heavy atom. The van der Waals surface area contributed by atoms with E-state index >= 15 is 0 Å². The second kappa shape index (κ2) is 10.7. The zero-order valence-corrected chi connectivity index (χ0v) is 19.6.